The van der Waals surface area contributed by atoms with E-state index in [-0.39, 0.29) is 24.1 Å². The molecule has 1 aromatic carbocycles. The molecule has 0 bridgehead atoms. The Morgan fingerprint density at radius 3 is 2.89 bits per heavy atom. The molecule has 9 nitrogen and oxygen atoms in total. The highest BCUT2D eigenvalue weighted by molar-refractivity contribution is 7.99. The number of amides is 3. The van der Waals surface area contributed by atoms with E-state index in [2.05, 4.69) is 20.8 Å². The van der Waals surface area contributed by atoms with Crippen molar-refractivity contribution in [2.45, 2.75) is 25.3 Å². The van der Waals surface area contributed by atoms with Crippen molar-refractivity contribution in [1.82, 2.24) is 20.8 Å². The fourth-order valence-electron chi connectivity index (χ4n) is 2.12. The third-order valence-electron chi connectivity index (χ3n) is 3.38. The molecule has 146 valence electrons. The molecule has 2 heterocycles. The Morgan fingerprint density at radius 1 is 1.21 bits per heavy atom. The summed E-state index contributed by atoms with van der Waals surface area (Å²) >= 11 is 1.02. The average Bonchev–Trinajstić information content (AvgIpc) is 3.35. The second-order valence-corrected chi connectivity index (χ2v) is 6.59. The molecule has 2 N–H and O–H groups in total. The predicted octanol–water partition coefficient (Wildman–Crippen LogP) is 2.67. The zero-order chi connectivity index (χ0) is 19.8. The van der Waals surface area contributed by atoms with Gasteiger partial charge < -0.3 is 18.9 Å². The number of benzene rings is 1. The number of hydrogen-bond donors (Lipinski definition) is 2. The molecule has 0 radical (unpaired) electrons. The lowest BCUT2D eigenvalue weighted by Gasteiger charge is -2.04. The molecule has 3 rings (SSSR count). The highest BCUT2D eigenvalue weighted by atomic mass is 32.2. The van der Waals surface area contributed by atoms with E-state index >= 15 is 0 Å². The van der Waals surface area contributed by atoms with Crippen LogP contribution in [0, 0.1) is 6.92 Å². The van der Waals surface area contributed by atoms with Gasteiger partial charge in [-0.15, -0.1) is 10.2 Å². The van der Waals surface area contributed by atoms with Gasteiger partial charge in [-0.05, 0) is 36.8 Å². The van der Waals surface area contributed by atoms with Crippen molar-refractivity contribution in [3.8, 4) is 5.75 Å². The summed E-state index contributed by atoms with van der Waals surface area (Å²) in [4.78, 5) is 23.5. The monoisotopic (exact) mass is 402 g/mol. The van der Waals surface area contributed by atoms with Crippen molar-refractivity contribution in [1.29, 1.82) is 0 Å². The third kappa shape index (κ3) is 6.16. The normalized spacial score (nSPS) is 10.5. The van der Waals surface area contributed by atoms with Crippen molar-refractivity contribution in [2.75, 3.05) is 5.75 Å². The minimum atomic E-state index is -0.611. The number of nitrogens with zero attached hydrogens (tertiary/aromatic N) is 2. The van der Waals surface area contributed by atoms with Gasteiger partial charge in [0, 0.05) is 0 Å². The van der Waals surface area contributed by atoms with Gasteiger partial charge in [0.2, 0.25) is 5.91 Å². The van der Waals surface area contributed by atoms with Gasteiger partial charge in [-0.2, -0.15) is 0 Å². The van der Waals surface area contributed by atoms with Crippen LogP contribution in [0.15, 0.2) is 56.7 Å². The number of rotatable bonds is 8. The van der Waals surface area contributed by atoms with E-state index in [1.54, 1.807) is 12.1 Å². The van der Waals surface area contributed by atoms with Gasteiger partial charge in [-0.1, -0.05) is 23.9 Å². The summed E-state index contributed by atoms with van der Waals surface area (Å²) in [7, 11) is 0. The van der Waals surface area contributed by atoms with Crippen LogP contribution in [0.1, 0.15) is 17.2 Å². The first kappa shape index (κ1) is 19.5. The summed E-state index contributed by atoms with van der Waals surface area (Å²) < 4.78 is 16.1. The van der Waals surface area contributed by atoms with Gasteiger partial charge in [-0.3, -0.25) is 10.1 Å². The number of aryl methyl sites for hydroxylation is 1. The molecule has 0 saturated carbocycles. The van der Waals surface area contributed by atoms with Crippen molar-refractivity contribution in [2.24, 2.45) is 0 Å². The molecule has 0 aliphatic rings. The van der Waals surface area contributed by atoms with E-state index in [9.17, 15) is 9.59 Å². The molecular weight excluding hydrogens is 384 g/mol. The lowest BCUT2D eigenvalue weighted by Crippen LogP contribution is -2.39. The van der Waals surface area contributed by atoms with Crippen molar-refractivity contribution >= 4 is 23.7 Å². The molecule has 0 saturated heterocycles. The van der Waals surface area contributed by atoms with Crippen LogP contribution in [0.4, 0.5) is 4.79 Å². The van der Waals surface area contributed by atoms with Gasteiger partial charge in [-0.25, -0.2) is 4.79 Å². The van der Waals surface area contributed by atoms with Crippen LogP contribution in [0.25, 0.3) is 0 Å². The van der Waals surface area contributed by atoms with E-state index in [1.165, 1.54) is 6.26 Å². The standard InChI is InChI=1S/C18H18N4O5S/c1-12-4-2-5-13(8-12)26-10-16-21-22-18(27-16)28-11-15(23)20-17(24)19-9-14-6-3-7-25-14/h2-8H,9-11H2,1H3,(H2,19,20,23,24). The second kappa shape index (κ2) is 9.60. The van der Waals surface area contributed by atoms with Crippen LogP contribution in [0.5, 0.6) is 5.75 Å². The highest BCUT2D eigenvalue weighted by Gasteiger charge is 2.12. The number of furan rings is 1. The first-order valence-corrected chi connectivity index (χ1v) is 9.32. The summed E-state index contributed by atoms with van der Waals surface area (Å²) in [5.74, 6) is 1.04. The zero-order valence-corrected chi connectivity index (χ0v) is 15.8. The van der Waals surface area contributed by atoms with Crippen LogP contribution >= 0.6 is 11.8 Å². The Kier molecular flexibility index (Phi) is 6.68. The SMILES string of the molecule is Cc1cccc(OCc2nnc(SCC(=O)NC(=O)NCc3ccco3)o2)c1. The van der Waals surface area contributed by atoms with Crippen molar-refractivity contribution in [3.63, 3.8) is 0 Å². The Balaban J connectivity index is 1.37. The minimum Gasteiger partial charge on any atom is -0.484 e. The first-order valence-electron chi connectivity index (χ1n) is 8.33. The number of nitrogens with one attached hydrogen (secondary N) is 2. The molecule has 2 aromatic heterocycles. The Hall–Kier alpha value is -3.27. The van der Waals surface area contributed by atoms with Crippen LogP contribution in [-0.4, -0.2) is 27.9 Å². The zero-order valence-electron chi connectivity index (χ0n) is 15.0. The summed E-state index contributed by atoms with van der Waals surface area (Å²) in [6.07, 6.45) is 1.50. The molecular formula is C18H18N4O5S. The van der Waals surface area contributed by atoms with Gasteiger partial charge >= 0.3 is 6.03 Å². The minimum absolute atomic E-state index is 0.0471. The Labute approximate surface area is 164 Å². The molecule has 10 heteroatoms. The Bertz CT molecular complexity index is 926. The molecule has 28 heavy (non-hydrogen) atoms. The van der Waals surface area contributed by atoms with Crippen molar-refractivity contribution < 1.29 is 23.2 Å². The molecule has 3 amide bonds. The number of ether oxygens (including phenoxy) is 1. The number of thioether (sulfide) groups is 1. The predicted molar refractivity (Wildman–Crippen MR) is 99.6 cm³/mol. The summed E-state index contributed by atoms with van der Waals surface area (Å²) in [6.45, 7) is 2.28. The smallest absolute Gasteiger partial charge is 0.321 e. The maximum atomic E-state index is 11.8. The van der Waals surface area contributed by atoms with Crippen molar-refractivity contribution in [3.05, 3.63) is 59.9 Å². The maximum absolute atomic E-state index is 11.8. The molecule has 3 aromatic rings. The topological polar surface area (TPSA) is 119 Å². The van der Waals surface area contributed by atoms with Crippen LogP contribution in [-0.2, 0) is 17.9 Å². The summed E-state index contributed by atoms with van der Waals surface area (Å²) in [5, 5.41) is 12.6. The van der Waals surface area contributed by atoms with Gasteiger partial charge in [0.05, 0.1) is 18.6 Å². The fourth-order valence-corrected chi connectivity index (χ4v) is 2.70. The lowest BCUT2D eigenvalue weighted by atomic mass is 10.2. The largest absolute Gasteiger partial charge is 0.484 e. The lowest BCUT2D eigenvalue weighted by molar-refractivity contribution is -0.117. The number of hydrogen-bond acceptors (Lipinski definition) is 8. The summed E-state index contributed by atoms with van der Waals surface area (Å²) in [6, 6.07) is 10.4. The average molecular weight is 402 g/mol. The van der Waals surface area contributed by atoms with E-state index in [1.807, 2.05) is 31.2 Å². The van der Waals surface area contributed by atoms with Gasteiger partial charge in [0.25, 0.3) is 11.1 Å². The molecule has 0 aliphatic carbocycles. The summed E-state index contributed by atoms with van der Waals surface area (Å²) in [5.41, 5.74) is 1.08. The van der Waals surface area contributed by atoms with Crippen LogP contribution in [0.3, 0.4) is 0 Å². The number of carbonyl (C=O) groups excluding carboxylic acids is 2. The highest BCUT2D eigenvalue weighted by Crippen LogP contribution is 2.18. The molecule has 0 fully saturated rings. The van der Waals surface area contributed by atoms with E-state index in [4.69, 9.17) is 13.6 Å². The second-order valence-electron chi connectivity index (χ2n) is 5.67. The number of imide groups is 1. The molecule has 0 spiro atoms. The Morgan fingerprint density at radius 2 is 2.11 bits per heavy atom. The third-order valence-corrected chi connectivity index (χ3v) is 4.20. The fraction of sp³-hybridized carbons (Fsp3) is 0.222. The maximum Gasteiger partial charge on any atom is 0.321 e. The van der Waals surface area contributed by atoms with Gasteiger partial charge in [0.1, 0.15) is 11.5 Å². The van der Waals surface area contributed by atoms with Crippen LogP contribution < -0.4 is 15.4 Å². The van der Waals surface area contributed by atoms with E-state index in [0.717, 1.165) is 17.3 Å². The molecule has 0 aliphatic heterocycles. The van der Waals surface area contributed by atoms with E-state index < -0.39 is 11.9 Å². The number of carbonyl (C=O) groups is 2. The van der Waals surface area contributed by atoms with Gasteiger partial charge in [0.15, 0.2) is 6.61 Å². The first-order chi connectivity index (χ1) is 13.6. The molecule has 0 unspecified atom stereocenters. The van der Waals surface area contributed by atoms with E-state index in [0.29, 0.717) is 17.4 Å². The van der Waals surface area contributed by atoms with Crippen LogP contribution in [0.2, 0.25) is 0 Å². The quantitative estimate of drug-likeness (QED) is 0.552. The number of aromatic nitrogens is 2. The molecule has 0 atom stereocenters. The number of urea groups is 1.